The molecule has 1 rings (SSSR count). The van der Waals surface area contributed by atoms with E-state index in [1.807, 2.05) is 0 Å². The zero-order chi connectivity index (χ0) is 10.7. The molecular weight excluding hydrogens is 182 g/mol. The van der Waals surface area contributed by atoms with Crippen LogP contribution < -0.4 is 17.2 Å². The number of ether oxygens (including phenoxy) is 1. The van der Waals surface area contributed by atoms with Crippen molar-refractivity contribution in [1.29, 1.82) is 0 Å². The summed E-state index contributed by atoms with van der Waals surface area (Å²) in [5.41, 5.74) is 17.8. The maximum Gasteiger partial charge on any atom is 0.338 e. The van der Waals surface area contributed by atoms with Gasteiger partial charge in [-0.05, 0) is 19.1 Å². The van der Waals surface area contributed by atoms with Gasteiger partial charge in [-0.1, -0.05) is 0 Å². The number of esters is 1. The molecule has 0 aliphatic heterocycles. The Morgan fingerprint density at radius 2 is 1.79 bits per heavy atom. The second-order valence-electron chi connectivity index (χ2n) is 2.79. The number of carbonyl (C=O) groups excluding carboxylic acids is 1. The summed E-state index contributed by atoms with van der Waals surface area (Å²) in [5, 5.41) is 0. The van der Waals surface area contributed by atoms with Crippen LogP contribution in [0.3, 0.4) is 0 Å². The first-order chi connectivity index (χ1) is 6.56. The lowest BCUT2D eigenvalue weighted by molar-refractivity contribution is 0.0526. The smallest absolute Gasteiger partial charge is 0.338 e. The quantitative estimate of drug-likeness (QED) is 0.473. The molecule has 0 amide bonds. The Bertz CT molecular complexity index is 340. The molecule has 0 heterocycles. The SMILES string of the molecule is CCOC(=O)c1cc(N)c(N)c(N)c1. The number of nitrogen functional groups attached to an aromatic ring is 3. The lowest BCUT2D eigenvalue weighted by Crippen LogP contribution is -2.08. The second-order valence-corrected chi connectivity index (χ2v) is 2.79. The van der Waals surface area contributed by atoms with Gasteiger partial charge < -0.3 is 21.9 Å². The van der Waals surface area contributed by atoms with Gasteiger partial charge in [-0.2, -0.15) is 0 Å². The number of nitrogens with two attached hydrogens (primary N) is 3. The van der Waals surface area contributed by atoms with Crippen molar-refractivity contribution in [3.8, 4) is 0 Å². The van der Waals surface area contributed by atoms with Gasteiger partial charge in [0.25, 0.3) is 0 Å². The molecule has 0 saturated carbocycles. The fraction of sp³-hybridized carbons (Fsp3) is 0.222. The number of rotatable bonds is 2. The van der Waals surface area contributed by atoms with Crippen molar-refractivity contribution in [1.82, 2.24) is 0 Å². The van der Waals surface area contributed by atoms with Crippen molar-refractivity contribution in [3.05, 3.63) is 17.7 Å². The molecule has 1 aromatic rings. The standard InChI is InChI=1S/C9H13N3O2/c1-2-14-9(13)5-3-6(10)8(12)7(11)4-5/h3-4H,2,10-12H2,1H3. The molecule has 0 fully saturated rings. The van der Waals surface area contributed by atoms with Crippen LogP contribution in [0.2, 0.25) is 0 Å². The molecule has 0 saturated heterocycles. The molecule has 0 aliphatic rings. The molecule has 5 nitrogen and oxygen atoms in total. The summed E-state index contributed by atoms with van der Waals surface area (Å²) in [5.74, 6) is -0.453. The van der Waals surface area contributed by atoms with E-state index in [4.69, 9.17) is 21.9 Å². The normalized spacial score (nSPS) is 9.79. The van der Waals surface area contributed by atoms with E-state index in [1.54, 1.807) is 6.92 Å². The van der Waals surface area contributed by atoms with Crippen molar-refractivity contribution in [2.45, 2.75) is 6.92 Å². The molecule has 0 radical (unpaired) electrons. The highest BCUT2D eigenvalue weighted by molar-refractivity contribution is 5.94. The number of carbonyl (C=O) groups is 1. The molecule has 1 aromatic carbocycles. The lowest BCUT2D eigenvalue weighted by atomic mass is 10.1. The van der Waals surface area contributed by atoms with Gasteiger partial charge in [0.05, 0.1) is 29.2 Å². The molecule has 0 aromatic heterocycles. The summed E-state index contributed by atoms with van der Waals surface area (Å²) < 4.78 is 4.79. The van der Waals surface area contributed by atoms with E-state index in [2.05, 4.69) is 0 Å². The predicted molar refractivity (Wildman–Crippen MR) is 55.6 cm³/mol. The van der Waals surface area contributed by atoms with Gasteiger partial charge in [-0.3, -0.25) is 0 Å². The molecule has 0 spiro atoms. The molecule has 0 bridgehead atoms. The Kier molecular flexibility index (Phi) is 2.81. The highest BCUT2D eigenvalue weighted by Crippen LogP contribution is 2.24. The Labute approximate surface area is 81.8 Å². The van der Waals surface area contributed by atoms with Crippen LogP contribution in [0.1, 0.15) is 17.3 Å². The third kappa shape index (κ3) is 1.87. The average molecular weight is 195 g/mol. The minimum Gasteiger partial charge on any atom is -0.462 e. The van der Waals surface area contributed by atoms with E-state index in [0.29, 0.717) is 12.2 Å². The van der Waals surface area contributed by atoms with Crippen LogP contribution >= 0.6 is 0 Å². The Morgan fingerprint density at radius 3 is 2.21 bits per heavy atom. The van der Waals surface area contributed by atoms with Gasteiger partial charge in [0, 0.05) is 0 Å². The largest absolute Gasteiger partial charge is 0.462 e. The number of hydrogen-bond donors (Lipinski definition) is 3. The highest BCUT2D eigenvalue weighted by Gasteiger charge is 2.10. The molecular formula is C9H13N3O2. The van der Waals surface area contributed by atoms with Crippen molar-refractivity contribution >= 4 is 23.0 Å². The van der Waals surface area contributed by atoms with Crippen molar-refractivity contribution in [2.24, 2.45) is 0 Å². The van der Waals surface area contributed by atoms with Crippen LogP contribution in [0.5, 0.6) is 0 Å². The molecule has 0 atom stereocenters. The van der Waals surface area contributed by atoms with Gasteiger partial charge in [0.15, 0.2) is 0 Å². The number of hydrogen-bond acceptors (Lipinski definition) is 5. The van der Waals surface area contributed by atoms with E-state index >= 15 is 0 Å². The second kappa shape index (κ2) is 3.87. The van der Waals surface area contributed by atoms with Gasteiger partial charge in [0.1, 0.15) is 0 Å². The van der Waals surface area contributed by atoms with Crippen molar-refractivity contribution in [2.75, 3.05) is 23.8 Å². The summed E-state index contributed by atoms with van der Waals surface area (Å²) >= 11 is 0. The molecule has 6 N–H and O–H groups in total. The summed E-state index contributed by atoms with van der Waals surface area (Å²) in [6.45, 7) is 2.03. The van der Waals surface area contributed by atoms with Crippen LogP contribution in [-0.2, 0) is 4.74 Å². The first kappa shape index (κ1) is 10.2. The van der Waals surface area contributed by atoms with Crippen molar-refractivity contribution in [3.63, 3.8) is 0 Å². The van der Waals surface area contributed by atoms with Gasteiger partial charge in [-0.15, -0.1) is 0 Å². The Hall–Kier alpha value is -1.91. The third-order valence-electron chi connectivity index (χ3n) is 1.76. The maximum atomic E-state index is 11.3. The third-order valence-corrected chi connectivity index (χ3v) is 1.76. The van der Waals surface area contributed by atoms with E-state index in [-0.39, 0.29) is 17.1 Å². The first-order valence-electron chi connectivity index (χ1n) is 4.17. The van der Waals surface area contributed by atoms with Gasteiger partial charge >= 0.3 is 5.97 Å². The summed E-state index contributed by atoms with van der Waals surface area (Å²) in [6, 6.07) is 2.90. The number of anilines is 3. The highest BCUT2D eigenvalue weighted by atomic mass is 16.5. The van der Waals surface area contributed by atoms with Crippen LogP contribution in [-0.4, -0.2) is 12.6 Å². The fourth-order valence-corrected chi connectivity index (χ4v) is 1.03. The minimum absolute atomic E-state index is 0.285. The van der Waals surface area contributed by atoms with E-state index in [1.165, 1.54) is 12.1 Å². The Morgan fingerprint density at radius 1 is 1.29 bits per heavy atom. The molecule has 0 aliphatic carbocycles. The molecule has 14 heavy (non-hydrogen) atoms. The van der Waals surface area contributed by atoms with Crippen LogP contribution in [0.25, 0.3) is 0 Å². The van der Waals surface area contributed by atoms with Crippen molar-refractivity contribution < 1.29 is 9.53 Å². The van der Waals surface area contributed by atoms with Crippen LogP contribution in [0.4, 0.5) is 17.1 Å². The van der Waals surface area contributed by atoms with E-state index < -0.39 is 5.97 Å². The lowest BCUT2D eigenvalue weighted by Gasteiger charge is -2.07. The first-order valence-corrected chi connectivity index (χ1v) is 4.17. The topological polar surface area (TPSA) is 104 Å². The van der Waals surface area contributed by atoms with Crippen LogP contribution in [0, 0.1) is 0 Å². The van der Waals surface area contributed by atoms with Gasteiger partial charge in [-0.25, -0.2) is 4.79 Å². The predicted octanol–water partition coefficient (Wildman–Crippen LogP) is 0.610. The Balaban J connectivity index is 3.06. The molecule has 5 heteroatoms. The summed E-state index contributed by atoms with van der Waals surface area (Å²) in [7, 11) is 0. The zero-order valence-electron chi connectivity index (χ0n) is 7.91. The number of benzene rings is 1. The minimum atomic E-state index is -0.453. The zero-order valence-corrected chi connectivity index (χ0v) is 7.91. The fourth-order valence-electron chi connectivity index (χ4n) is 1.03. The van der Waals surface area contributed by atoms with E-state index in [9.17, 15) is 4.79 Å². The van der Waals surface area contributed by atoms with Gasteiger partial charge in [0.2, 0.25) is 0 Å². The van der Waals surface area contributed by atoms with E-state index in [0.717, 1.165) is 0 Å². The van der Waals surface area contributed by atoms with Crippen LogP contribution in [0.15, 0.2) is 12.1 Å². The summed E-state index contributed by atoms with van der Waals surface area (Å²) in [4.78, 5) is 11.3. The average Bonchev–Trinajstić information content (AvgIpc) is 2.13. The molecule has 76 valence electrons. The summed E-state index contributed by atoms with van der Waals surface area (Å²) in [6.07, 6.45) is 0. The maximum absolute atomic E-state index is 11.3. The molecule has 0 unspecified atom stereocenters. The monoisotopic (exact) mass is 195 g/mol.